The summed E-state index contributed by atoms with van der Waals surface area (Å²) in [6, 6.07) is 1.58. The van der Waals surface area contributed by atoms with Crippen molar-refractivity contribution >= 4 is 6.20 Å². The normalized spacial score (nSPS) is 10.9. The van der Waals surface area contributed by atoms with Gasteiger partial charge in [0.2, 0.25) is 5.88 Å². The van der Waals surface area contributed by atoms with Crippen LogP contribution in [0, 0.1) is 0 Å². The van der Waals surface area contributed by atoms with Crippen molar-refractivity contribution in [3.8, 4) is 11.8 Å². The Bertz CT molecular complexity index is 343. The molecule has 0 bridgehead atoms. The van der Waals surface area contributed by atoms with Gasteiger partial charge >= 0.3 is 0 Å². The van der Waals surface area contributed by atoms with Crippen LogP contribution >= 0.6 is 0 Å². The highest BCUT2D eigenvalue weighted by atomic mass is 16.3. The molecule has 0 saturated carbocycles. The lowest BCUT2D eigenvalue weighted by molar-refractivity contribution is 0.393. The van der Waals surface area contributed by atoms with Crippen LogP contribution in [0.1, 0.15) is 12.0 Å². The molecular weight excluding hydrogens is 192 g/mol. The van der Waals surface area contributed by atoms with Gasteiger partial charge in [-0.05, 0) is 33.5 Å². The van der Waals surface area contributed by atoms with Crippen molar-refractivity contribution in [2.75, 3.05) is 20.6 Å². The molecule has 4 nitrogen and oxygen atoms in total. The average molecular weight is 210 g/mol. The zero-order valence-corrected chi connectivity index (χ0v) is 9.27. The second-order valence-corrected chi connectivity index (χ2v) is 3.81. The summed E-state index contributed by atoms with van der Waals surface area (Å²) in [5, 5.41) is 19.1. The number of aromatic nitrogens is 1. The third kappa shape index (κ3) is 2.76. The molecule has 2 N–H and O–H groups in total. The average Bonchev–Trinajstić information content (AvgIpc) is 2.41. The summed E-state index contributed by atoms with van der Waals surface area (Å²) in [4.78, 5) is 2.08. The maximum absolute atomic E-state index is 9.69. The van der Waals surface area contributed by atoms with Crippen LogP contribution in [0.25, 0.3) is 6.20 Å². The molecule has 84 valence electrons. The molecule has 0 unspecified atom stereocenters. The van der Waals surface area contributed by atoms with Crippen molar-refractivity contribution in [3.63, 3.8) is 0 Å². The van der Waals surface area contributed by atoms with Crippen molar-refractivity contribution in [1.82, 2.24) is 9.47 Å². The number of aromatic hydroxyl groups is 2. The van der Waals surface area contributed by atoms with E-state index in [1.54, 1.807) is 6.07 Å². The van der Waals surface area contributed by atoms with Crippen molar-refractivity contribution < 1.29 is 10.2 Å². The second-order valence-electron chi connectivity index (χ2n) is 3.81. The largest absolute Gasteiger partial charge is 0.494 e. The minimum Gasteiger partial charge on any atom is -0.494 e. The lowest BCUT2D eigenvalue weighted by Gasteiger charge is -2.08. The Morgan fingerprint density at radius 2 is 2.13 bits per heavy atom. The molecule has 0 atom stereocenters. The van der Waals surface area contributed by atoms with Gasteiger partial charge in [-0.25, -0.2) is 0 Å². The van der Waals surface area contributed by atoms with Gasteiger partial charge in [0.1, 0.15) is 0 Å². The fraction of sp³-hybridized carbons (Fsp3) is 0.455. The highest BCUT2D eigenvalue weighted by molar-refractivity contribution is 5.43. The SMILES string of the molecule is C=Cn1c(O)cc(CCCN(C)C)c1O. The summed E-state index contributed by atoms with van der Waals surface area (Å²) < 4.78 is 1.27. The van der Waals surface area contributed by atoms with Gasteiger partial charge in [0, 0.05) is 17.8 Å². The zero-order chi connectivity index (χ0) is 11.4. The van der Waals surface area contributed by atoms with Crippen LogP contribution in [0.2, 0.25) is 0 Å². The molecule has 4 heteroatoms. The number of hydrogen-bond donors (Lipinski definition) is 2. The Morgan fingerprint density at radius 3 is 2.60 bits per heavy atom. The van der Waals surface area contributed by atoms with E-state index in [2.05, 4.69) is 11.5 Å². The minimum absolute atomic E-state index is 0.0300. The van der Waals surface area contributed by atoms with E-state index < -0.39 is 0 Å². The van der Waals surface area contributed by atoms with Crippen LogP contribution < -0.4 is 0 Å². The van der Waals surface area contributed by atoms with E-state index in [0.717, 1.165) is 24.9 Å². The first kappa shape index (κ1) is 11.7. The third-order valence-electron chi connectivity index (χ3n) is 2.30. The molecule has 0 fully saturated rings. The molecule has 0 saturated heterocycles. The maximum atomic E-state index is 9.69. The molecule has 0 radical (unpaired) electrons. The molecule has 1 heterocycles. The van der Waals surface area contributed by atoms with Crippen LogP contribution in [0.5, 0.6) is 11.8 Å². The van der Waals surface area contributed by atoms with Crippen molar-refractivity contribution in [2.45, 2.75) is 12.8 Å². The van der Waals surface area contributed by atoms with Gasteiger partial charge in [-0.3, -0.25) is 4.57 Å². The first-order valence-corrected chi connectivity index (χ1v) is 4.95. The van der Waals surface area contributed by atoms with E-state index in [4.69, 9.17) is 0 Å². The smallest absolute Gasteiger partial charge is 0.201 e. The van der Waals surface area contributed by atoms with Crippen LogP contribution in [-0.2, 0) is 6.42 Å². The Balaban J connectivity index is 2.66. The highest BCUT2D eigenvalue weighted by Gasteiger charge is 2.11. The molecule has 1 rings (SSSR count). The standard InChI is InChI=1S/C11H18N2O2/c1-4-13-10(14)8-9(11(13)15)6-5-7-12(2)3/h4,8,14-15H,1,5-7H2,2-3H3. The Hall–Kier alpha value is -1.42. The van der Waals surface area contributed by atoms with Crippen molar-refractivity contribution in [1.29, 1.82) is 0 Å². The highest BCUT2D eigenvalue weighted by Crippen LogP contribution is 2.28. The fourth-order valence-corrected chi connectivity index (χ4v) is 1.50. The topological polar surface area (TPSA) is 48.6 Å². The Labute approximate surface area is 90.1 Å². The molecule has 0 aliphatic rings. The summed E-state index contributed by atoms with van der Waals surface area (Å²) >= 11 is 0. The van der Waals surface area contributed by atoms with Gasteiger partial charge in [0.05, 0.1) is 0 Å². The van der Waals surface area contributed by atoms with E-state index in [1.165, 1.54) is 10.8 Å². The molecule has 0 aliphatic heterocycles. The zero-order valence-electron chi connectivity index (χ0n) is 9.27. The van der Waals surface area contributed by atoms with Crippen LogP contribution in [0.15, 0.2) is 12.6 Å². The summed E-state index contributed by atoms with van der Waals surface area (Å²) in [6.07, 6.45) is 3.08. The van der Waals surface area contributed by atoms with E-state index in [1.807, 2.05) is 14.1 Å². The first-order valence-electron chi connectivity index (χ1n) is 4.95. The number of rotatable bonds is 5. The lowest BCUT2D eigenvalue weighted by Crippen LogP contribution is -2.13. The van der Waals surface area contributed by atoms with E-state index >= 15 is 0 Å². The number of nitrogens with zero attached hydrogens (tertiary/aromatic N) is 2. The fourth-order valence-electron chi connectivity index (χ4n) is 1.50. The predicted octanol–water partition coefficient (Wildman–Crippen LogP) is 1.49. The van der Waals surface area contributed by atoms with Gasteiger partial charge < -0.3 is 15.1 Å². The molecule has 1 aromatic rings. The van der Waals surface area contributed by atoms with Gasteiger partial charge in [0.25, 0.3) is 0 Å². The molecule has 0 aromatic carbocycles. The second kappa shape index (κ2) is 4.89. The van der Waals surface area contributed by atoms with Gasteiger partial charge in [0.15, 0.2) is 5.88 Å². The molecular formula is C11H18N2O2. The molecule has 1 aromatic heterocycles. The lowest BCUT2D eigenvalue weighted by atomic mass is 10.2. The summed E-state index contributed by atoms with van der Waals surface area (Å²) in [7, 11) is 4.01. The summed E-state index contributed by atoms with van der Waals surface area (Å²) in [5.41, 5.74) is 0.759. The van der Waals surface area contributed by atoms with Crippen LogP contribution in [-0.4, -0.2) is 40.3 Å². The van der Waals surface area contributed by atoms with Crippen LogP contribution in [0.3, 0.4) is 0 Å². The van der Waals surface area contributed by atoms with Crippen molar-refractivity contribution in [3.05, 3.63) is 18.2 Å². The van der Waals surface area contributed by atoms with E-state index in [0.29, 0.717) is 0 Å². The Kier molecular flexibility index (Phi) is 3.80. The first-order chi connectivity index (χ1) is 7.06. The maximum Gasteiger partial charge on any atom is 0.201 e. The Morgan fingerprint density at radius 1 is 1.47 bits per heavy atom. The number of aryl methyl sites for hydroxylation is 1. The van der Waals surface area contributed by atoms with Crippen LogP contribution in [0.4, 0.5) is 0 Å². The van der Waals surface area contributed by atoms with E-state index in [9.17, 15) is 10.2 Å². The molecule has 15 heavy (non-hydrogen) atoms. The van der Waals surface area contributed by atoms with Crippen molar-refractivity contribution in [2.24, 2.45) is 0 Å². The third-order valence-corrected chi connectivity index (χ3v) is 2.30. The van der Waals surface area contributed by atoms with E-state index in [-0.39, 0.29) is 11.8 Å². The minimum atomic E-state index is 0.0300. The molecule has 0 amide bonds. The monoisotopic (exact) mass is 210 g/mol. The summed E-state index contributed by atoms with van der Waals surface area (Å²) in [6.45, 7) is 4.47. The predicted molar refractivity (Wildman–Crippen MR) is 61.0 cm³/mol. The van der Waals surface area contributed by atoms with Gasteiger partial charge in [-0.2, -0.15) is 0 Å². The summed E-state index contributed by atoms with van der Waals surface area (Å²) in [5.74, 6) is 0.114. The quantitative estimate of drug-likeness (QED) is 0.774. The van der Waals surface area contributed by atoms with Gasteiger partial charge in [-0.1, -0.05) is 6.58 Å². The molecule has 0 aliphatic carbocycles. The molecule has 0 spiro atoms. The van der Waals surface area contributed by atoms with Gasteiger partial charge in [-0.15, -0.1) is 0 Å². The number of hydrogen-bond acceptors (Lipinski definition) is 3.